The van der Waals surface area contributed by atoms with E-state index in [1.807, 2.05) is 46.0 Å². The molecular formula is C20H25NO2. The first-order valence-corrected chi connectivity index (χ1v) is 7.88. The lowest BCUT2D eigenvalue weighted by Crippen LogP contribution is -2.31. The molecule has 0 radical (unpaired) electrons. The Balaban J connectivity index is 2.00. The van der Waals surface area contributed by atoms with E-state index in [0.717, 1.165) is 22.4 Å². The van der Waals surface area contributed by atoms with Crippen LogP contribution in [-0.4, -0.2) is 24.5 Å². The van der Waals surface area contributed by atoms with Gasteiger partial charge >= 0.3 is 0 Å². The predicted molar refractivity (Wildman–Crippen MR) is 93.8 cm³/mol. The van der Waals surface area contributed by atoms with Crippen LogP contribution in [0.25, 0.3) is 0 Å². The van der Waals surface area contributed by atoms with Crippen LogP contribution in [0.3, 0.4) is 0 Å². The number of carbonyl (C=O) groups excluding carboxylic acids is 1. The summed E-state index contributed by atoms with van der Waals surface area (Å²) in [5, 5.41) is 0. The molecule has 0 unspecified atom stereocenters. The van der Waals surface area contributed by atoms with Gasteiger partial charge in [0.2, 0.25) is 0 Å². The van der Waals surface area contributed by atoms with E-state index in [4.69, 9.17) is 4.74 Å². The molecule has 0 fully saturated rings. The lowest BCUT2D eigenvalue weighted by molar-refractivity contribution is -0.132. The lowest BCUT2D eigenvalue weighted by Gasteiger charge is -2.20. The number of hydrogen-bond donors (Lipinski definition) is 0. The first kappa shape index (κ1) is 17.1. The molecule has 2 aromatic carbocycles. The molecule has 0 atom stereocenters. The number of carbonyl (C=O) groups is 1. The Kier molecular flexibility index (Phi) is 5.43. The third kappa shape index (κ3) is 4.13. The fourth-order valence-electron chi connectivity index (χ4n) is 2.52. The van der Waals surface area contributed by atoms with Crippen molar-refractivity contribution in [1.82, 2.24) is 4.90 Å². The molecule has 0 aliphatic heterocycles. The highest BCUT2D eigenvalue weighted by molar-refractivity contribution is 5.77. The lowest BCUT2D eigenvalue weighted by atomic mass is 10.1. The number of hydrogen-bond acceptors (Lipinski definition) is 2. The molecule has 0 aliphatic rings. The molecule has 3 heteroatoms. The zero-order chi connectivity index (χ0) is 17.0. The van der Waals surface area contributed by atoms with Crippen molar-refractivity contribution in [2.24, 2.45) is 0 Å². The summed E-state index contributed by atoms with van der Waals surface area (Å²) < 4.78 is 5.81. The Morgan fingerprint density at radius 2 is 1.61 bits per heavy atom. The molecular weight excluding hydrogens is 286 g/mol. The van der Waals surface area contributed by atoms with E-state index in [0.29, 0.717) is 6.54 Å². The molecule has 1 amide bonds. The van der Waals surface area contributed by atoms with Crippen LogP contribution < -0.4 is 4.74 Å². The topological polar surface area (TPSA) is 29.5 Å². The van der Waals surface area contributed by atoms with Gasteiger partial charge in [0.25, 0.3) is 5.91 Å². The summed E-state index contributed by atoms with van der Waals surface area (Å²) in [5.41, 5.74) is 5.68. The Hall–Kier alpha value is -2.29. The Morgan fingerprint density at radius 3 is 2.30 bits per heavy atom. The van der Waals surface area contributed by atoms with Crippen LogP contribution in [0.15, 0.2) is 36.4 Å². The van der Waals surface area contributed by atoms with Crippen LogP contribution >= 0.6 is 0 Å². The fraction of sp³-hybridized carbons (Fsp3) is 0.350. The van der Waals surface area contributed by atoms with E-state index in [-0.39, 0.29) is 12.5 Å². The third-order valence-corrected chi connectivity index (χ3v) is 4.31. The molecule has 0 aromatic heterocycles. The first-order chi connectivity index (χ1) is 10.9. The summed E-state index contributed by atoms with van der Waals surface area (Å²) in [7, 11) is 1.81. The summed E-state index contributed by atoms with van der Waals surface area (Å²) in [4.78, 5) is 14.1. The van der Waals surface area contributed by atoms with E-state index in [9.17, 15) is 4.79 Å². The van der Waals surface area contributed by atoms with Crippen molar-refractivity contribution in [3.63, 3.8) is 0 Å². The highest BCUT2D eigenvalue weighted by Crippen LogP contribution is 2.25. The quantitative estimate of drug-likeness (QED) is 0.836. The normalized spacial score (nSPS) is 10.5. The molecule has 3 nitrogen and oxygen atoms in total. The average molecular weight is 311 g/mol. The molecule has 122 valence electrons. The van der Waals surface area contributed by atoms with Crippen LogP contribution in [0.5, 0.6) is 5.75 Å². The predicted octanol–water partition coefficient (Wildman–Crippen LogP) is 3.96. The number of aryl methyl sites for hydroxylation is 3. The minimum atomic E-state index is -0.0199. The van der Waals surface area contributed by atoms with Crippen LogP contribution in [0, 0.1) is 27.7 Å². The molecule has 0 spiro atoms. The summed E-state index contributed by atoms with van der Waals surface area (Å²) in [6, 6.07) is 12.2. The van der Waals surface area contributed by atoms with E-state index in [1.165, 1.54) is 11.1 Å². The summed E-state index contributed by atoms with van der Waals surface area (Å²) in [5.74, 6) is 0.802. The van der Waals surface area contributed by atoms with Gasteiger partial charge < -0.3 is 9.64 Å². The number of benzene rings is 2. The Labute approximate surface area is 138 Å². The maximum atomic E-state index is 12.3. The molecule has 23 heavy (non-hydrogen) atoms. The SMILES string of the molecule is Cc1ccccc1CN(C)C(=O)COc1c(C)ccc(C)c1C. The van der Waals surface area contributed by atoms with Gasteiger partial charge in [-0.15, -0.1) is 0 Å². The number of rotatable bonds is 5. The van der Waals surface area contributed by atoms with Crippen molar-refractivity contribution in [3.8, 4) is 5.75 Å². The van der Waals surface area contributed by atoms with Crippen LogP contribution in [0.1, 0.15) is 27.8 Å². The standard InChI is InChI=1S/C20H25NO2/c1-14-10-11-16(3)20(17(14)4)23-13-19(22)21(5)12-18-9-7-6-8-15(18)2/h6-11H,12-13H2,1-5H3. The molecule has 0 N–H and O–H groups in total. The van der Waals surface area contributed by atoms with Gasteiger partial charge in [-0.25, -0.2) is 0 Å². The Bertz CT molecular complexity index is 707. The van der Waals surface area contributed by atoms with Crippen molar-refractivity contribution in [2.45, 2.75) is 34.2 Å². The number of amides is 1. The summed E-state index contributed by atoms with van der Waals surface area (Å²) in [6.45, 7) is 8.80. The summed E-state index contributed by atoms with van der Waals surface area (Å²) >= 11 is 0. The van der Waals surface area contributed by atoms with E-state index in [1.54, 1.807) is 4.90 Å². The minimum Gasteiger partial charge on any atom is -0.483 e. The van der Waals surface area contributed by atoms with Gasteiger partial charge in [0.1, 0.15) is 5.75 Å². The monoisotopic (exact) mass is 311 g/mol. The molecule has 2 rings (SSSR count). The van der Waals surface area contributed by atoms with Crippen molar-refractivity contribution >= 4 is 5.91 Å². The van der Waals surface area contributed by atoms with Crippen LogP contribution in [0.4, 0.5) is 0 Å². The second kappa shape index (κ2) is 7.32. The van der Waals surface area contributed by atoms with Gasteiger partial charge in [-0.2, -0.15) is 0 Å². The Morgan fingerprint density at radius 1 is 0.957 bits per heavy atom. The van der Waals surface area contributed by atoms with Gasteiger partial charge in [-0.1, -0.05) is 36.4 Å². The van der Waals surface area contributed by atoms with Crippen LogP contribution in [0.2, 0.25) is 0 Å². The molecule has 0 aliphatic carbocycles. The highest BCUT2D eigenvalue weighted by atomic mass is 16.5. The first-order valence-electron chi connectivity index (χ1n) is 7.88. The fourth-order valence-corrected chi connectivity index (χ4v) is 2.52. The molecule has 0 saturated heterocycles. The second-order valence-electron chi connectivity index (χ2n) is 6.12. The van der Waals surface area contributed by atoms with Crippen molar-refractivity contribution in [1.29, 1.82) is 0 Å². The number of nitrogens with zero attached hydrogens (tertiary/aromatic N) is 1. The zero-order valence-corrected chi connectivity index (χ0v) is 14.6. The average Bonchev–Trinajstić information content (AvgIpc) is 2.53. The van der Waals surface area contributed by atoms with Gasteiger partial charge in [0.05, 0.1) is 0 Å². The van der Waals surface area contributed by atoms with Crippen molar-refractivity contribution in [2.75, 3.05) is 13.7 Å². The van der Waals surface area contributed by atoms with Crippen molar-refractivity contribution in [3.05, 3.63) is 64.2 Å². The minimum absolute atomic E-state index is 0.0199. The van der Waals surface area contributed by atoms with Gasteiger partial charge in [0.15, 0.2) is 6.61 Å². The van der Waals surface area contributed by atoms with Crippen LogP contribution in [-0.2, 0) is 11.3 Å². The number of ether oxygens (including phenoxy) is 1. The maximum absolute atomic E-state index is 12.3. The maximum Gasteiger partial charge on any atom is 0.260 e. The molecule has 0 bridgehead atoms. The zero-order valence-electron chi connectivity index (χ0n) is 14.6. The van der Waals surface area contributed by atoms with E-state index < -0.39 is 0 Å². The second-order valence-corrected chi connectivity index (χ2v) is 6.12. The molecule has 2 aromatic rings. The summed E-state index contributed by atoms with van der Waals surface area (Å²) in [6.07, 6.45) is 0. The van der Waals surface area contributed by atoms with E-state index >= 15 is 0 Å². The third-order valence-electron chi connectivity index (χ3n) is 4.31. The number of likely N-dealkylation sites (N-methyl/N-ethyl adjacent to an activating group) is 1. The molecule has 0 heterocycles. The van der Waals surface area contributed by atoms with Gasteiger partial charge in [-0.05, 0) is 55.5 Å². The molecule has 0 saturated carbocycles. The van der Waals surface area contributed by atoms with E-state index in [2.05, 4.69) is 25.1 Å². The largest absolute Gasteiger partial charge is 0.483 e. The van der Waals surface area contributed by atoms with Gasteiger partial charge in [0, 0.05) is 13.6 Å². The van der Waals surface area contributed by atoms with Gasteiger partial charge in [-0.3, -0.25) is 4.79 Å². The van der Waals surface area contributed by atoms with Crippen molar-refractivity contribution < 1.29 is 9.53 Å². The highest BCUT2D eigenvalue weighted by Gasteiger charge is 2.13. The smallest absolute Gasteiger partial charge is 0.260 e.